The molecule has 92 valence electrons. The minimum absolute atomic E-state index is 0.401. The van der Waals surface area contributed by atoms with Crippen LogP contribution in [0.2, 0.25) is 0 Å². The Balaban J connectivity index is 2.25. The highest BCUT2D eigenvalue weighted by molar-refractivity contribution is 5.81. The molecular formula is C14H9FN4. The van der Waals surface area contributed by atoms with E-state index in [1.165, 1.54) is 6.07 Å². The Hall–Kier alpha value is -2.74. The molecule has 0 fully saturated rings. The molecule has 1 aromatic carbocycles. The van der Waals surface area contributed by atoms with E-state index in [0.29, 0.717) is 22.5 Å². The van der Waals surface area contributed by atoms with Crippen molar-refractivity contribution in [3.63, 3.8) is 0 Å². The van der Waals surface area contributed by atoms with Gasteiger partial charge in [0, 0.05) is 18.8 Å². The van der Waals surface area contributed by atoms with E-state index < -0.39 is 5.82 Å². The number of aryl methyl sites for hydroxylation is 1. The highest BCUT2D eigenvalue weighted by atomic mass is 19.1. The molecule has 0 aliphatic heterocycles. The monoisotopic (exact) mass is 252 g/mol. The van der Waals surface area contributed by atoms with Crippen molar-refractivity contribution < 1.29 is 4.39 Å². The Morgan fingerprint density at radius 2 is 2.11 bits per heavy atom. The van der Waals surface area contributed by atoms with Gasteiger partial charge in [-0.15, -0.1) is 0 Å². The zero-order chi connectivity index (χ0) is 13.4. The molecule has 3 rings (SSSR count). The zero-order valence-corrected chi connectivity index (χ0v) is 10.1. The number of hydrogen-bond acceptors (Lipinski definition) is 3. The first-order valence-corrected chi connectivity index (χ1v) is 5.66. The molecule has 0 unspecified atom stereocenters. The van der Waals surface area contributed by atoms with Crippen LogP contribution in [0.15, 0.2) is 36.7 Å². The fraction of sp³-hybridized carbons (Fsp3) is 0.0714. The summed E-state index contributed by atoms with van der Waals surface area (Å²) in [6.07, 6.45) is 2.72. The molecule has 0 amide bonds. The number of imidazole rings is 1. The van der Waals surface area contributed by atoms with Crippen molar-refractivity contribution in [1.82, 2.24) is 14.5 Å². The Kier molecular flexibility index (Phi) is 2.50. The third kappa shape index (κ3) is 1.83. The molecule has 0 radical (unpaired) electrons. The Morgan fingerprint density at radius 3 is 2.84 bits per heavy atom. The lowest BCUT2D eigenvalue weighted by Gasteiger charge is -2.01. The van der Waals surface area contributed by atoms with E-state index >= 15 is 0 Å². The van der Waals surface area contributed by atoms with Crippen LogP contribution in [0.25, 0.3) is 22.4 Å². The molecule has 3 aromatic rings. The van der Waals surface area contributed by atoms with Gasteiger partial charge in [-0.3, -0.25) is 4.98 Å². The fourth-order valence-corrected chi connectivity index (χ4v) is 2.06. The zero-order valence-electron chi connectivity index (χ0n) is 10.1. The molecule has 0 spiro atoms. The van der Waals surface area contributed by atoms with E-state index in [0.717, 1.165) is 11.7 Å². The van der Waals surface area contributed by atoms with Gasteiger partial charge >= 0.3 is 0 Å². The number of pyridine rings is 1. The van der Waals surface area contributed by atoms with Crippen LogP contribution < -0.4 is 0 Å². The minimum atomic E-state index is -0.401. The number of nitrogens with zero attached hydrogens (tertiary/aromatic N) is 4. The smallest absolute Gasteiger partial charge is 0.142 e. The SMILES string of the molecule is Cn1c(-c2cncc(F)c2)nc2cc(C#N)ccc21. The van der Waals surface area contributed by atoms with Crippen molar-refractivity contribution in [3.8, 4) is 17.5 Å². The van der Waals surface area contributed by atoms with Gasteiger partial charge in [-0.25, -0.2) is 9.37 Å². The average molecular weight is 252 g/mol. The first-order chi connectivity index (χ1) is 9.19. The third-order valence-electron chi connectivity index (χ3n) is 2.97. The average Bonchev–Trinajstić information content (AvgIpc) is 2.75. The van der Waals surface area contributed by atoms with E-state index in [1.807, 2.05) is 17.7 Å². The predicted molar refractivity (Wildman–Crippen MR) is 68.6 cm³/mol. The van der Waals surface area contributed by atoms with Crippen molar-refractivity contribution in [2.24, 2.45) is 7.05 Å². The van der Waals surface area contributed by atoms with Crippen molar-refractivity contribution in [2.45, 2.75) is 0 Å². The van der Waals surface area contributed by atoms with Crippen molar-refractivity contribution in [3.05, 3.63) is 48.0 Å². The second-order valence-corrected chi connectivity index (χ2v) is 4.20. The van der Waals surface area contributed by atoms with Gasteiger partial charge in [0.15, 0.2) is 0 Å². The molecule has 0 aliphatic carbocycles. The molecule has 0 N–H and O–H groups in total. The van der Waals surface area contributed by atoms with Crippen LogP contribution in [0.1, 0.15) is 5.56 Å². The minimum Gasteiger partial charge on any atom is -0.327 e. The summed E-state index contributed by atoms with van der Waals surface area (Å²) in [7, 11) is 1.85. The largest absolute Gasteiger partial charge is 0.327 e. The number of rotatable bonds is 1. The van der Waals surface area contributed by atoms with Crippen LogP contribution in [0.3, 0.4) is 0 Å². The summed E-state index contributed by atoms with van der Waals surface area (Å²) in [5, 5.41) is 8.88. The Morgan fingerprint density at radius 1 is 1.26 bits per heavy atom. The van der Waals surface area contributed by atoms with E-state index in [9.17, 15) is 4.39 Å². The number of halogens is 1. The van der Waals surface area contributed by atoms with E-state index in [4.69, 9.17) is 5.26 Å². The maximum absolute atomic E-state index is 13.2. The summed E-state index contributed by atoms with van der Waals surface area (Å²) in [5.74, 6) is 0.222. The molecule has 0 saturated carbocycles. The van der Waals surface area contributed by atoms with Crippen LogP contribution in [-0.4, -0.2) is 14.5 Å². The van der Waals surface area contributed by atoms with Crippen LogP contribution in [0, 0.1) is 17.1 Å². The predicted octanol–water partition coefficient (Wildman–Crippen LogP) is 2.65. The maximum Gasteiger partial charge on any atom is 0.142 e. The first-order valence-electron chi connectivity index (χ1n) is 5.66. The van der Waals surface area contributed by atoms with Crippen LogP contribution in [-0.2, 0) is 7.05 Å². The second-order valence-electron chi connectivity index (χ2n) is 4.20. The summed E-state index contributed by atoms with van der Waals surface area (Å²) in [5.41, 5.74) is 2.76. The van der Waals surface area contributed by atoms with Gasteiger partial charge in [0.1, 0.15) is 11.6 Å². The van der Waals surface area contributed by atoms with Gasteiger partial charge < -0.3 is 4.57 Å². The quantitative estimate of drug-likeness (QED) is 0.669. The number of aromatic nitrogens is 3. The van der Waals surface area contributed by atoms with Crippen LogP contribution in [0.4, 0.5) is 4.39 Å². The summed E-state index contributed by atoms with van der Waals surface area (Å²) in [4.78, 5) is 8.26. The van der Waals surface area contributed by atoms with Crippen molar-refractivity contribution in [1.29, 1.82) is 5.26 Å². The molecular weight excluding hydrogens is 243 g/mol. The summed E-state index contributed by atoms with van der Waals surface area (Å²) in [6, 6.07) is 8.74. The first kappa shape index (κ1) is 11.4. The Bertz CT molecular complexity index is 814. The number of fused-ring (bicyclic) bond motifs is 1. The molecule has 0 saturated heterocycles. The summed E-state index contributed by atoms with van der Waals surface area (Å²) < 4.78 is 15.1. The molecule has 5 heteroatoms. The lowest BCUT2D eigenvalue weighted by molar-refractivity contribution is 0.621. The van der Waals surface area contributed by atoms with Gasteiger partial charge in [0.25, 0.3) is 0 Å². The highest BCUT2D eigenvalue weighted by Crippen LogP contribution is 2.24. The summed E-state index contributed by atoms with van der Waals surface area (Å²) in [6.45, 7) is 0. The second kappa shape index (κ2) is 4.18. The summed E-state index contributed by atoms with van der Waals surface area (Å²) >= 11 is 0. The van der Waals surface area contributed by atoms with Gasteiger partial charge in [-0.1, -0.05) is 0 Å². The highest BCUT2D eigenvalue weighted by Gasteiger charge is 2.11. The van der Waals surface area contributed by atoms with Crippen molar-refractivity contribution in [2.75, 3.05) is 0 Å². The van der Waals surface area contributed by atoms with Crippen LogP contribution >= 0.6 is 0 Å². The van der Waals surface area contributed by atoms with E-state index in [-0.39, 0.29) is 0 Å². The molecule has 4 nitrogen and oxygen atoms in total. The van der Waals surface area contributed by atoms with E-state index in [2.05, 4.69) is 16.0 Å². The maximum atomic E-state index is 13.2. The van der Waals surface area contributed by atoms with Gasteiger partial charge in [0.2, 0.25) is 0 Å². The molecule has 2 heterocycles. The normalized spacial score (nSPS) is 10.6. The van der Waals surface area contributed by atoms with Crippen molar-refractivity contribution >= 4 is 11.0 Å². The molecule has 19 heavy (non-hydrogen) atoms. The van der Waals surface area contributed by atoms with E-state index in [1.54, 1.807) is 18.3 Å². The fourth-order valence-electron chi connectivity index (χ4n) is 2.06. The number of benzene rings is 1. The topological polar surface area (TPSA) is 54.5 Å². The van der Waals surface area contributed by atoms with Gasteiger partial charge in [-0.2, -0.15) is 5.26 Å². The lowest BCUT2D eigenvalue weighted by atomic mass is 10.2. The standard InChI is InChI=1S/C14H9FN4/c1-19-13-3-2-9(6-16)4-12(13)18-14(19)10-5-11(15)8-17-7-10/h2-5,7-8H,1H3. The van der Waals surface area contributed by atoms with Gasteiger partial charge in [-0.05, 0) is 24.3 Å². The van der Waals surface area contributed by atoms with Crippen LogP contribution in [0.5, 0.6) is 0 Å². The molecule has 0 aliphatic rings. The Labute approximate surface area is 108 Å². The van der Waals surface area contributed by atoms with Gasteiger partial charge in [0.05, 0.1) is 28.9 Å². The third-order valence-corrected chi connectivity index (χ3v) is 2.97. The number of hydrogen-bond donors (Lipinski definition) is 0. The molecule has 0 bridgehead atoms. The molecule has 2 aromatic heterocycles. The molecule has 0 atom stereocenters. The lowest BCUT2D eigenvalue weighted by Crippen LogP contribution is -1.93. The number of nitriles is 1.